The Morgan fingerprint density at radius 2 is 2.07 bits per heavy atom. The molecule has 1 rings (SSSR count). The molecule has 5 N–H and O–H groups in total. The molecule has 1 aromatic carbocycles. The Hall–Kier alpha value is -1.46. The van der Waals surface area contributed by atoms with Crippen LogP contribution < -0.4 is 5.73 Å². The molecule has 0 amide bonds. The monoisotopic (exact) mass is 231 g/mol. The average molecular weight is 232 g/mol. The van der Waals surface area contributed by atoms with Gasteiger partial charge in [-0.05, 0) is 12.1 Å². The van der Waals surface area contributed by atoms with Crippen LogP contribution in [0.25, 0.3) is 0 Å². The van der Waals surface area contributed by atoms with Crippen molar-refractivity contribution in [3.05, 3.63) is 22.7 Å². The lowest BCUT2D eigenvalue weighted by Gasteiger charge is -2.14. The van der Waals surface area contributed by atoms with Crippen molar-refractivity contribution in [1.82, 2.24) is 0 Å². The molecule has 0 radical (unpaired) electrons. The summed E-state index contributed by atoms with van der Waals surface area (Å²) in [7, 11) is 0. The number of carbonyl (C=O) groups is 1. The molecule has 1 unspecified atom stereocenters. The smallest absolute Gasteiger partial charge is 0.312 e. The number of rotatable bonds is 3. The third-order valence-electron chi connectivity index (χ3n) is 2.02. The molecule has 0 aliphatic carbocycles. The highest BCUT2D eigenvalue weighted by Gasteiger charge is 2.25. The number of hydrogen-bond acceptors (Lipinski definition) is 4. The Morgan fingerprint density at radius 1 is 1.47 bits per heavy atom. The Labute approximate surface area is 90.7 Å². The van der Waals surface area contributed by atoms with Gasteiger partial charge >= 0.3 is 5.97 Å². The summed E-state index contributed by atoms with van der Waals surface area (Å²) in [5.74, 6) is -3.31. The van der Waals surface area contributed by atoms with E-state index in [0.29, 0.717) is 0 Å². The third-order valence-corrected chi connectivity index (χ3v) is 2.35. The number of phenolic OH excluding ortho intramolecular Hbond substituents is 2. The minimum absolute atomic E-state index is 0.0585. The maximum absolute atomic E-state index is 10.8. The Morgan fingerprint density at radius 3 is 2.53 bits per heavy atom. The molecule has 0 aliphatic rings. The minimum atomic E-state index is -1.21. The van der Waals surface area contributed by atoms with Gasteiger partial charge < -0.3 is 21.1 Å². The van der Waals surface area contributed by atoms with Crippen molar-refractivity contribution < 1.29 is 20.1 Å². The van der Waals surface area contributed by atoms with E-state index in [-0.39, 0.29) is 17.1 Å². The van der Waals surface area contributed by atoms with Crippen molar-refractivity contribution in [2.24, 2.45) is 5.73 Å². The summed E-state index contributed by atoms with van der Waals surface area (Å²) < 4.78 is 0. The molecule has 1 atom stereocenters. The molecule has 0 aliphatic heterocycles. The summed E-state index contributed by atoms with van der Waals surface area (Å²) in [5, 5.41) is 27.6. The molecule has 0 fully saturated rings. The van der Waals surface area contributed by atoms with Gasteiger partial charge in [-0.15, -0.1) is 0 Å². The fourth-order valence-electron chi connectivity index (χ4n) is 1.25. The van der Waals surface area contributed by atoms with Crippen LogP contribution in [-0.4, -0.2) is 27.8 Å². The fourth-order valence-corrected chi connectivity index (χ4v) is 1.53. The van der Waals surface area contributed by atoms with Crippen LogP contribution in [0.3, 0.4) is 0 Å². The predicted octanol–water partition coefficient (Wildman–Crippen LogP) is 0.878. The van der Waals surface area contributed by atoms with E-state index < -0.39 is 23.4 Å². The van der Waals surface area contributed by atoms with Crippen molar-refractivity contribution in [3.8, 4) is 11.5 Å². The zero-order valence-corrected chi connectivity index (χ0v) is 8.40. The number of carboxylic acids is 1. The van der Waals surface area contributed by atoms with Gasteiger partial charge in [0.2, 0.25) is 0 Å². The Bertz CT molecular complexity index is 394. The van der Waals surface area contributed by atoms with E-state index in [4.69, 9.17) is 22.4 Å². The van der Waals surface area contributed by atoms with Gasteiger partial charge in [0.25, 0.3) is 0 Å². The second kappa shape index (κ2) is 4.37. The van der Waals surface area contributed by atoms with Gasteiger partial charge in [-0.1, -0.05) is 11.6 Å². The van der Waals surface area contributed by atoms with E-state index in [9.17, 15) is 15.0 Å². The predicted molar refractivity (Wildman–Crippen MR) is 54.2 cm³/mol. The summed E-state index contributed by atoms with van der Waals surface area (Å²) >= 11 is 5.73. The van der Waals surface area contributed by atoms with Crippen molar-refractivity contribution in [3.63, 3.8) is 0 Å². The summed E-state index contributed by atoms with van der Waals surface area (Å²) in [4.78, 5) is 10.8. The van der Waals surface area contributed by atoms with Crippen LogP contribution in [0.15, 0.2) is 12.1 Å². The molecule has 0 saturated heterocycles. The van der Waals surface area contributed by atoms with Crippen molar-refractivity contribution in [2.75, 3.05) is 6.54 Å². The first kappa shape index (κ1) is 11.6. The van der Waals surface area contributed by atoms with E-state index in [0.717, 1.165) is 0 Å². The van der Waals surface area contributed by atoms with Crippen LogP contribution in [-0.2, 0) is 4.79 Å². The highest BCUT2D eigenvalue weighted by atomic mass is 35.5. The number of nitrogens with two attached hydrogens (primary N) is 1. The number of aromatic hydroxyl groups is 2. The van der Waals surface area contributed by atoms with E-state index >= 15 is 0 Å². The largest absolute Gasteiger partial charge is 0.504 e. The molecule has 15 heavy (non-hydrogen) atoms. The van der Waals surface area contributed by atoms with Crippen LogP contribution in [0.4, 0.5) is 0 Å². The normalized spacial score (nSPS) is 12.4. The zero-order valence-electron chi connectivity index (χ0n) is 7.64. The van der Waals surface area contributed by atoms with Gasteiger partial charge in [0, 0.05) is 17.1 Å². The molecule has 0 saturated carbocycles. The van der Waals surface area contributed by atoms with Crippen LogP contribution >= 0.6 is 11.6 Å². The Kier molecular flexibility index (Phi) is 3.39. The molecule has 5 nitrogen and oxygen atoms in total. The minimum Gasteiger partial charge on any atom is -0.504 e. The number of benzene rings is 1. The second-order valence-electron chi connectivity index (χ2n) is 2.96. The topological polar surface area (TPSA) is 104 Å². The van der Waals surface area contributed by atoms with E-state index in [1.165, 1.54) is 12.1 Å². The maximum Gasteiger partial charge on any atom is 0.312 e. The number of halogens is 1. The van der Waals surface area contributed by atoms with Crippen LogP contribution in [0.2, 0.25) is 5.02 Å². The molecule has 0 heterocycles. The van der Waals surface area contributed by atoms with Crippen molar-refractivity contribution in [1.29, 1.82) is 0 Å². The number of hydrogen-bond donors (Lipinski definition) is 4. The average Bonchev–Trinajstić information content (AvgIpc) is 2.18. The number of phenols is 2. The van der Waals surface area contributed by atoms with Crippen LogP contribution in [0, 0.1) is 0 Å². The molecule has 1 aromatic rings. The molecule has 0 bridgehead atoms. The van der Waals surface area contributed by atoms with E-state index in [1.54, 1.807) is 0 Å². The van der Waals surface area contributed by atoms with Gasteiger partial charge in [-0.25, -0.2) is 0 Å². The Balaban J connectivity index is 3.34. The van der Waals surface area contributed by atoms with Gasteiger partial charge in [-0.3, -0.25) is 4.79 Å². The highest BCUT2D eigenvalue weighted by Crippen LogP contribution is 2.38. The van der Waals surface area contributed by atoms with Gasteiger partial charge in [0.15, 0.2) is 11.5 Å². The van der Waals surface area contributed by atoms with Crippen LogP contribution in [0.5, 0.6) is 11.5 Å². The summed E-state index contributed by atoms with van der Waals surface area (Å²) in [6.07, 6.45) is 0. The summed E-state index contributed by atoms with van der Waals surface area (Å²) in [5.41, 5.74) is 5.20. The molecule has 6 heteroatoms. The van der Waals surface area contributed by atoms with Crippen molar-refractivity contribution in [2.45, 2.75) is 5.92 Å². The van der Waals surface area contributed by atoms with Crippen molar-refractivity contribution >= 4 is 17.6 Å². The van der Waals surface area contributed by atoms with Gasteiger partial charge in [-0.2, -0.15) is 0 Å². The lowest BCUT2D eigenvalue weighted by molar-refractivity contribution is -0.138. The fraction of sp³-hybridized carbons (Fsp3) is 0.222. The SMILES string of the molecule is NCC(C(=O)O)c1c(Cl)ccc(O)c1O. The lowest BCUT2D eigenvalue weighted by atomic mass is 9.98. The summed E-state index contributed by atoms with van der Waals surface area (Å²) in [6, 6.07) is 2.48. The molecular weight excluding hydrogens is 222 g/mol. The standard InChI is InChI=1S/C9H10ClNO4/c10-5-1-2-6(12)8(13)7(5)4(3-11)9(14)15/h1-2,4,12-13H,3,11H2,(H,14,15). The molecule has 0 aromatic heterocycles. The lowest BCUT2D eigenvalue weighted by Crippen LogP contribution is -2.21. The first-order valence-corrected chi connectivity index (χ1v) is 4.50. The van der Waals surface area contributed by atoms with Gasteiger partial charge in [0.1, 0.15) is 0 Å². The van der Waals surface area contributed by atoms with Gasteiger partial charge in [0.05, 0.1) is 5.92 Å². The van der Waals surface area contributed by atoms with E-state index in [2.05, 4.69) is 0 Å². The summed E-state index contributed by atoms with van der Waals surface area (Å²) in [6.45, 7) is -0.216. The first-order chi connectivity index (χ1) is 6.99. The molecular formula is C9H10ClNO4. The number of aliphatic carboxylic acids is 1. The highest BCUT2D eigenvalue weighted by molar-refractivity contribution is 6.32. The maximum atomic E-state index is 10.8. The first-order valence-electron chi connectivity index (χ1n) is 4.12. The second-order valence-corrected chi connectivity index (χ2v) is 3.36. The third kappa shape index (κ3) is 2.14. The zero-order chi connectivity index (χ0) is 11.6. The number of carboxylic acid groups (broad SMARTS) is 1. The molecule has 0 spiro atoms. The van der Waals surface area contributed by atoms with Crippen LogP contribution in [0.1, 0.15) is 11.5 Å². The quantitative estimate of drug-likeness (QED) is 0.578. The van der Waals surface area contributed by atoms with E-state index in [1.807, 2.05) is 0 Å². The molecule has 82 valence electrons.